The fourth-order valence-corrected chi connectivity index (χ4v) is 4.42. The van der Waals surface area contributed by atoms with E-state index in [1.807, 2.05) is 6.07 Å². The quantitative estimate of drug-likeness (QED) is 0.814. The van der Waals surface area contributed by atoms with Crippen molar-refractivity contribution in [3.8, 4) is 11.5 Å². The van der Waals surface area contributed by atoms with Gasteiger partial charge in [0.25, 0.3) is 0 Å². The number of ether oxygens (including phenoxy) is 2. The third-order valence-electron chi connectivity index (χ3n) is 4.75. The van der Waals surface area contributed by atoms with Crippen LogP contribution in [0.5, 0.6) is 11.5 Å². The first-order valence-corrected chi connectivity index (χ1v) is 9.51. The van der Waals surface area contributed by atoms with Crippen molar-refractivity contribution >= 4 is 28.7 Å². The number of rotatable bonds is 5. The van der Waals surface area contributed by atoms with Crippen molar-refractivity contribution in [2.45, 2.75) is 25.8 Å². The number of ketones is 1. The number of hydrogen-bond donors (Lipinski definition) is 1. The summed E-state index contributed by atoms with van der Waals surface area (Å²) in [6.07, 6.45) is 2.15. The average molecular weight is 372 g/mol. The molecule has 6 nitrogen and oxygen atoms in total. The minimum Gasteiger partial charge on any atom is -0.454 e. The number of carbonyl (C=O) groups is 2. The van der Waals surface area contributed by atoms with Crippen molar-refractivity contribution in [2.24, 2.45) is 0 Å². The third-order valence-corrected chi connectivity index (χ3v) is 5.72. The molecular weight excluding hydrogens is 352 g/mol. The minimum absolute atomic E-state index is 0.125. The topological polar surface area (TPSA) is 67.9 Å². The minimum atomic E-state index is -0.130. The first-order chi connectivity index (χ1) is 12.6. The molecule has 0 saturated carbocycles. The molecule has 1 saturated heterocycles. The van der Waals surface area contributed by atoms with Gasteiger partial charge in [-0.25, -0.2) is 0 Å². The highest BCUT2D eigenvalue weighted by Crippen LogP contribution is 2.38. The van der Waals surface area contributed by atoms with E-state index in [0.717, 1.165) is 19.4 Å². The highest BCUT2D eigenvalue weighted by atomic mass is 32.1. The van der Waals surface area contributed by atoms with Crippen molar-refractivity contribution < 1.29 is 19.1 Å². The normalized spacial score (nSPS) is 18.9. The monoisotopic (exact) mass is 372 g/mol. The van der Waals surface area contributed by atoms with E-state index in [1.165, 1.54) is 11.8 Å². The molecule has 1 amide bonds. The van der Waals surface area contributed by atoms with Crippen molar-refractivity contribution in [3.05, 3.63) is 40.1 Å². The smallest absolute Gasteiger partial charge is 0.238 e. The average Bonchev–Trinajstić information content (AvgIpc) is 3.34. The number of nitrogens with zero attached hydrogens (tertiary/aromatic N) is 1. The molecule has 136 valence electrons. The summed E-state index contributed by atoms with van der Waals surface area (Å²) in [5.41, 5.74) is 0.900. The summed E-state index contributed by atoms with van der Waals surface area (Å²) >= 11 is 1.73. The molecule has 2 aromatic rings. The molecule has 7 heteroatoms. The van der Waals surface area contributed by atoms with Gasteiger partial charge in [-0.15, -0.1) is 11.3 Å². The van der Waals surface area contributed by atoms with Crippen LogP contribution in [0.3, 0.4) is 0 Å². The Hall–Kier alpha value is -2.38. The standard InChI is InChI=1S/C19H20N2O4S/c1-12(22)13-8-16-17(25-11-24-16)9-14(13)20-19(23)10-21-6-2-4-15(21)18-5-3-7-26-18/h3,5,7-9,15H,2,4,6,10-11H2,1H3,(H,20,23)/t15-/m0/s1. The van der Waals surface area contributed by atoms with Crippen molar-refractivity contribution in [1.29, 1.82) is 0 Å². The number of carbonyl (C=O) groups excluding carboxylic acids is 2. The van der Waals surface area contributed by atoms with Crippen LogP contribution in [-0.2, 0) is 4.79 Å². The Balaban J connectivity index is 1.49. The maximum absolute atomic E-state index is 12.6. The summed E-state index contributed by atoms with van der Waals surface area (Å²) in [4.78, 5) is 28.1. The summed E-state index contributed by atoms with van der Waals surface area (Å²) in [7, 11) is 0. The first kappa shape index (κ1) is 17.1. The Labute approximate surface area is 155 Å². The van der Waals surface area contributed by atoms with Crippen LogP contribution in [0, 0.1) is 0 Å². The SMILES string of the molecule is CC(=O)c1cc2c(cc1NC(=O)CN1CCC[C@H]1c1cccs1)OCO2. The Kier molecular flexibility index (Phi) is 4.65. The zero-order valence-corrected chi connectivity index (χ0v) is 15.3. The van der Waals surface area contributed by atoms with Gasteiger partial charge < -0.3 is 14.8 Å². The van der Waals surface area contributed by atoms with Crippen molar-refractivity contribution in [2.75, 3.05) is 25.2 Å². The van der Waals surface area contributed by atoms with Crippen LogP contribution in [0.4, 0.5) is 5.69 Å². The molecule has 0 aliphatic carbocycles. The molecule has 0 spiro atoms. The first-order valence-electron chi connectivity index (χ1n) is 8.63. The van der Waals surface area contributed by atoms with Crippen LogP contribution in [0.25, 0.3) is 0 Å². The largest absolute Gasteiger partial charge is 0.454 e. The number of anilines is 1. The van der Waals surface area contributed by atoms with Gasteiger partial charge in [0.05, 0.1) is 12.2 Å². The Bertz CT molecular complexity index is 834. The van der Waals surface area contributed by atoms with Crippen molar-refractivity contribution in [1.82, 2.24) is 4.90 Å². The predicted octanol–water partition coefficient (Wildman–Crippen LogP) is 3.46. The molecular formula is C19H20N2O4S. The van der Waals surface area contributed by atoms with Crippen LogP contribution >= 0.6 is 11.3 Å². The van der Waals surface area contributed by atoms with Crippen molar-refractivity contribution in [3.63, 3.8) is 0 Å². The van der Waals surface area contributed by atoms with Crippen LogP contribution in [0.15, 0.2) is 29.6 Å². The number of nitrogens with one attached hydrogen (secondary N) is 1. The van der Waals surface area contributed by atoms with E-state index in [1.54, 1.807) is 23.5 Å². The van der Waals surface area contributed by atoms with Crippen LogP contribution in [0.2, 0.25) is 0 Å². The molecule has 2 aliphatic rings. The molecule has 1 N–H and O–H groups in total. The highest BCUT2D eigenvalue weighted by molar-refractivity contribution is 7.10. The number of thiophene rings is 1. The Morgan fingerprint density at radius 2 is 2.12 bits per heavy atom. The molecule has 1 fully saturated rings. The summed E-state index contributed by atoms with van der Waals surface area (Å²) in [6, 6.07) is 7.76. The van der Waals surface area contributed by atoms with E-state index in [4.69, 9.17) is 9.47 Å². The summed E-state index contributed by atoms with van der Waals surface area (Å²) < 4.78 is 10.7. The van der Waals surface area contributed by atoms with E-state index in [0.29, 0.717) is 35.3 Å². The maximum atomic E-state index is 12.6. The lowest BCUT2D eigenvalue weighted by molar-refractivity contribution is -0.117. The molecule has 1 atom stereocenters. The second kappa shape index (κ2) is 7.09. The molecule has 26 heavy (non-hydrogen) atoms. The van der Waals surface area contributed by atoms with E-state index in [-0.39, 0.29) is 18.5 Å². The molecule has 1 aromatic carbocycles. The lowest BCUT2D eigenvalue weighted by atomic mass is 10.1. The number of benzene rings is 1. The molecule has 3 heterocycles. The summed E-state index contributed by atoms with van der Waals surface area (Å²) in [5, 5.41) is 4.95. The number of likely N-dealkylation sites (tertiary alicyclic amines) is 1. The van der Waals surface area contributed by atoms with Gasteiger partial charge in [-0.2, -0.15) is 0 Å². The number of Topliss-reactive ketones (excluding diaryl/α,β-unsaturated/α-hetero) is 1. The fourth-order valence-electron chi connectivity index (χ4n) is 3.53. The number of amides is 1. The van der Waals surface area contributed by atoms with Crippen LogP contribution in [0.1, 0.15) is 41.0 Å². The number of hydrogen-bond acceptors (Lipinski definition) is 6. The van der Waals surface area contributed by atoms with Gasteiger partial charge in [0.15, 0.2) is 17.3 Å². The van der Waals surface area contributed by atoms with Gasteiger partial charge in [-0.05, 0) is 43.8 Å². The summed E-state index contributed by atoms with van der Waals surface area (Å²) in [6.45, 7) is 2.80. The molecule has 0 unspecified atom stereocenters. The Morgan fingerprint density at radius 1 is 1.31 bits per heavy atom. The third kappa shape index (κ3) is 3.32. The van der Waals surface area contributed by atoms with Gasteiger partial charge in [0.1, 0.15) is 0 Å². The molecule has 2 aliphatic heterocycles. The molecule has 0 bridgehead atoms. The highest BCUT2D eigenvalue weighted by Gasteiger charge is 2.28. The molecule has 4 rings (SSSR count). The van der Waals surface area contributed by atoms with Crippen LogP contribution in [-0.4, -0.2) is 36.5 Å². The second-order valence-corrected chi connectivity index (χ2v) is 7.48. The van der Waals surface area contributed by atoms with E-state index in [2.05, 4.69) is 21.7 Å². The molecule has 0 radical (unpaired) electrons. The van der Waals surface area contributed by atoms with Gasteiger partial charge in [0, 0.05) is 22.5 Å². The van der Waals surface area contributed by atoms with E-state index in [9.17, 15) is 9.59 Å². The zero-order valence-electron chi connectivity index (χ0n) is 14.5. The zero-order chi connectivity index (χ0) is 18.1. The summed E-state index contributed by atoms with van der Waals surface area (Å²) in [5.74, 6) is 0.819. The van der Waals surface area contributed by atoms with Gasteiger partial charge in [0.2, 0.25) is 12.7 Å². The van der Waals surface area contributed by atoms with Gasteiger partial charge >= 0.3 is 0 Å². The fraction of sp³-hybridized carbons (Fsp3) is 0.368. The Morgan fingerprint density at radius 3 is 2.85 bits per heavy atom. The van der Waals surface area contributed by atoms with Crippen LogP contribution < -0.4 is 14.8 Å². The lowest BCUT2D eigenvalue weighted by Crippen LogP contribution is -2.33. The predicted molar refractivity (Wildman–Crippen MR) is 99.1 cm³/mol. The maximum Gasteiger partial charge on any atom is 0.238 e. The van der Waals surface area contributed by atoms with Gasteiger partial charge in [-0.3, -0.25) is 14.5 Å². The lowest BCUT2D eigenvalue weighted by Gasteiger charge is -2.23. The van der Waals surface area contributed by atoms with E-state index < -0.39 is 0 Å². The van der Waals surface area contributed by atoms with E-state index >= 15 is 0 Å². The second-order valence-electron chi connectivity index (χ2n) is 6.50. The number of fused-ring (bicyclic) bond motifs is 1. The van der Waals surface area contributed by atoms with Gasteiger partial charge in [-0.1, -0.05) is 6.07 Å². The molecule has 1 aromatic heterocycles.